The van der Waals surface area contributed by atoms with Gasteiger partial charge >= 0.3 is 0 Å². The molecule has 0 saturated carbocycles. The maximum absolute atomic E-state index is 13.2. The first-order valence-electron chi connectivity index (χ1n) is 8.12. The Morgan fingerprint density at radius 2 is 1.77 bits per heavy atom. The number of nitrogens with one attached hydrogen (secondary N) is 1. The van der Waals surface area contributed by atoms with E-state index in [0.29, 0.717) is 4.31 Å². The van der Waals surface area contributed by atoms with Gasteiger partial charge in [0.15, 0.2) is 0 Å². The Bertz CT molecular complexity index is 1110. The van der Waals surface area contributed by atoms with Crippen LogP contribution >= 0.6 is 11.6 Å². The Morgan fingerprint density at radius 3 is 2.30 bits per heavy atom. The van der Waals surface area contributed by atoms with Crippen molar-refractivity contribution in [2.24, 2.45) is 0 Å². The van der Waals surface area contributed by atoms with Gasteiger partial charge in [-0.1, -0.05) is 29.8 Å². The van der Waals surface area contributed by atoms with E-state index >= 15 is 0 Å². The summed E-state index contributed by atoms with van der Waals surface area (Å²) in [6, 6.07) is 6.48. The highest BCUT2D eigenvalue weighted by molar-refractivity contribution is 7.89. The number of hydrogen-bond acceptors (Lipinski definition) is 8. The SMILES string of the molecule is CC(C(=O)NO)N(Cc1ccccc1[N+](=O)[O-])S(=O)(=O)c1ccc([N+](=O)[O-])c(Cl)c1. The fraction of sp³-hybridized carbons (Fsp3) is 0.188. The number of halogens is 1. The largest absolute Gasteiger partial charge is 0.289 e. The molecule has 1 atom stereocenters. The molecule has 0 heterocycles. The summed E-state index contributed by atoms with van der Waals surface area (Å²) in [6.45, 7) is 0.563. The lowest BCUT2D eigenvalue weighted by atomic mass is 10.1. The van der Waals surface area contributed by atoms with Crippen LogP contribution in [0.5, 0.6) is 0 Å². The van der Waals surface area contributed by atoms with Crippen molar-refractivity contribution in [3.05, 3.63) is 73.3 Å². The van der Waals surface area contributed by atoms with Gasteiger partial charge in [0.05, 0.1) is 14.7 Å². The number of carbonyl (C=O) groups is 1. The minimum atomic E-state index is -4.53. The van der Waals surface area contributed by atoms with Crippen LogP contribution in [0.2, 0.25) is 5.02 Å². The number of hydrogen-bond donors (Lipinski definition) is 2. The topological polar surface area (TPSA) is 173 Å². The number of hydroxylamine groups is 1. The second-order valence-corrected chi connectivity index (χ2v) is 8.26. The van der Waals surface area contributed by atoms with Gasteiger partial charge in [0, 0.05) is 24.2 Å². The summed E-state index contributed by atoms with van der Waals surface area (Å²) >= 11 is 5.80. The lowest BCUT2D eigenvalue weighted by molar-refractivity contribution is -0.385. The van der Waals surface area contributed by atoms with Gasteiger partial charge in [-0.15, -0.1) is 0 Å². The van der Waals surface area contributed by atoms with Gasteiger partial charge in [0.1, 0.15) is 11.1 Å². The van der Waals surface area contributed by atoms with E-state index in [-0.39, 0.29) is 11.3 Å². The fourth-order valence-corrected chi connectivity index (χ4v) is 4.49. The summed E-state index contributed by atoms with van der Waals surface area (Å²) < 4.78 is 27.0. The van der Waals surface area contributed by atoms with Crippen molar-refractivity contribution >= 4 is 38.9 Å². The predicted octanol–water partition coefficient (Wildman–Crippen LogP) is 2.24. The van der Waals surface area contributed by atoms with E-state index in [1.165, 1.54) is 29.7 Å². The Labute approximate surface area is 175 Å². The van der Waals surface area contributed by atoms with Gasteiger partial charge in [-0.2, -0.15) is 4.31 Å². The van der Waals surface area contributed by atoms with Crippen LogP contribution in [-0.4, -0.2) is 39.7 Å². The maximum atomic E-state index is 13.2. The summed E-state index contributed by atoms with van der Waals surface area (Å²) in [5.74, 6) is -1.09. The molecule has 2 N–H and O–H groups in total. The number of benzene rings is 2. The third-order valence-corrected chi connectivity index (χ3v) is 6.37. The third-order valence-electron chi connectivity index (χ3n) is 4.16. The Kier molecular flexibility index (Phi) is 7.04. The molecule has 2 aromatic rings. The normalized spacial score (nSPS) is 12.4. The summed E-state index contributed by atoms with van der Waals surface area (Å²) in [7, 11) is -4.53. The summed E-state index contributed by atoms with van der Waals surface area (Å²) in [6.07, 6.45) is 0. The molecule has 0 saturated heterocycles. The van der Waals surface area contributed by atoms with Crippen LogP contribution in [0, 0.1) is 20.2 Å². The number of para-hydroxylation sites is 1. The summed E-state index contributed by atoms with van der Waals surface area (Å²) in [4.78, 5) is 32.1. The average molecular weight is 459 g/mol. The lowest BCUT2D eigenvalue weighted by Crippen LogP contribution is -2.46. The molecule has 2 rings (SSSR count). The van der Waals surface area contributed by atoms with Crippen LogP contribution in [0.15, 0.2) is 47.4 Å². The predicted molar refractivity (Wildman–Crippen MR) is 103 cm³/mol. The number of nitro groups is 2. The number of rotatable bonds is 8. The first-order chi connectivity index (χ1) is 14.0. The second-order valence-electron chi connectivity index (χ2n) is 5.96. The molecule has 0 spiro atoms. The van der Waals surface area contributed by atoms with Gasteiger partial charge in [0.2, 0.25) is 10.0 Å². The minimum Gasteiger partial charge on any atom is -0.289 e. The molecule has 0 aliphatic heterocycles. The summed E-state index contributed by atoms with van der Waals surface area (Å²) in [5.41, 5.74) is 0.412. The molecular formula is C16H15ClN4O8S. The van der Waals surface area contributed by atoms with E-state index in [9.17, 15) is 33.4 Å². The molecule has 0 aliphatic carbocycles. The highest BCUT2D eigenvalue weighted by Crippen LogP contribution is 2.30. The summed E-state index contributed by atoms with van der Waals surface area (Å²) in [5, 5.41) is 30.6. The van der Waals surface area contributed by atoms with Gasteiger partial charge in [0.25, 0.3) is 17.3 Å². The molecule has 0 radical (unpaired) electrons. The number of carbonyl (C=O) groups excluding carboxylic acids is 1. The molecule has 1 amide bonds. The molecule has 0 fully saturated rings. The van der Waals surface area contributed by atoms with Crippen LogP contribution in [-0.2, 0) is 21.4 Å². The minimum absolute atomic E-state index is 0.0170. The number of nitro benzene ring substituents is 2. The van der Waals surface area contributed by atoms with Crippen molar-refractivity contribution in [2.75, 3.05) is 0 Å². The zero-order valence-corrected chi connectivity index (χ0v) is 16.8. The van der Waals surface area contributed by atoms with Crippen molar-refractivity contribution in [1.29, 1.82) is 0 Å². The zero-order chi connectivity index (χ0) is 22.6. The Morgan fingerprint density at radius 1 is 1.17 bits per heavy atom. The highest BCUT2D eigenvalue weighted by atomic mass is 35.5. The van der Waals surface area contributed by atoms with Crippen molar-refractivity contribution in [1.82, 2.24) is 9.79 Å². The van der Waals surface area contributed by atoms with E-state index in [2.05, 4.69) is 0 Å². The standard InChI is InChI=1S/C16H15ClN4O8S/c1-10(16(22)18-23)19(9-11-4-2-3-5-14(11)20(24)25)30(28,29)12-6-7-15(21(26)27)13(17)8-12/h2-8,10,23H,9H2,1H3,(H,18,22). The van der Waals surface area contributed by atoms with E-state index < -0.39 is 54.0 Å². The van der Waals surface area contributed by atoms with Gasteiger partial charge < -0.3 is 0 Å². The molecule has 14 heteroatoms. The highest BCUT2D eigenvalue weighted by Gasteiger charge is 2.35. The van der Waals surface area contributed by atoms with E-state index in [1.807, 2.05) is 0 Å². The van der Waals surface area contributed by atoms with Gasteiger partial charge in [-0.05, 0) is 19.1 Å². The smallest absolute Gasteiger partial charge is 0.287 e. The third kappa shape index (κ3) is 4.71. The van der Waals surface area contributed by atoms with E-state index in [1.54, 1.807) is 0 Å². The van der Waals surface area contributed by atoms with Crippen LogP contribution in [0.1, 0.15) is 12.5 Å². The maximum Gasteiger partial charge on any atom is 0.287 e. The second kappa shape index (κ2) is 9.13. The van der Waals surface area contributed by atoms with Crippen LogP contribution in [0.25, 0.3) is 0 Å². The molecule has 0 aliphatic rings. The molecule has 0 aromatic heterocycles. The molecule has 0 bridgehead atoms. The van der Waals surface area contributed by atoms with Crippen molar-refractivity contribution in [2.45, 2.75) is 24.4 Å². The lowest BCUT2D eigenvalue weighted by Gasteiger charge is -2.27. The van der Waals surface area contributed by atoms with Gasteiger partial charge in [-0.25, -0.2) is 13.9 Å². The fourth-order valence-electron chi connectivity index (χ4n) is 2.58. The van der Waals surface area contributed by atoms with Crippen molar-refractivity contribution in [3.63, 3.8) is 0 Å². The van der Waals surface area contributed by atoms with E-state index in [4.69, 9.17) is 16.8 Å². The zero-order valence-electron chi connectivity index (χ0n) is 15.3. The molecular weight excluding hydrogens is 444 g/mol. The van der Waals surface area contributed by atoms with Crippen LogP contribution in [0.4, 0.5) is 11.4 Å². The first kappa shape index (κ1) is 23.2. The number of nitrogens with zero attached hydrogens (tertiary/aromatic N) is 3. The van der Waals surface area contributed by atoms with Crippen molar-refractivity contribution in [3.8, 4) is 0 Å². The number of amides is 1. The van der Waals surface area contributed by atoms with Gasteiger partial charge in [-0.3, -0.25) is 30.2 Å². The number of sulfonamides is 1. The average Bonchev–Trinajstić information content (AvgIpc) is 2.70. The first-order valence-corrected chi connectivity index (χ1v) is 9.94. The molecule has 1 unspecified atom stereocenters. The van der Waals surface area contributed by atoms with Crippen LogP contribution in [0.3, 0.4) is 0 Å². The monoisotopic (exact) mass is 458 g/mol. The molecule has 160 valence electrons. The van der Waals surface area contributed by atoms with Crippen molar-refractivity contribution < 1.29 is 28.3 Å². The Hall–Kier alpha value is -3.13. The quantitative estimate of drug-likeness (QED) is 0.344. The van der Waals surface area contributed by atoms with E-state index in [0.717, 1.165) is 25.1 Å². The van der Waals surface area contributed by atoms with Crippen LogP contribution < -0.4 is 5.48 Å². The molecule has 12 nitrogen and oxygen atoms in total. The Balaban J connectivity index is 2.60. The molecule has 2 aromatic carbocycles. The molecule has 30 heavy (non-hydrogen) atoms.